The first-order valence-corrected chi connectivity index (χ1v) is 6.25. The van der Waals surface area contributed by atoms with Gasteiger partial charge in [0.15, 0.2) is 10.1 Å². The van der Waals surface area contributed by atoms with Gasteiger partial charge in [0.25, 0.3) is 0 Å². The summed E-state index contributed by atoms with van der Waals surface area (Å²) in [5, 5.41) is 6.00. The van der Waals surface area contributed by atoms with Crippen LogP contribution >= 0.6 is 22.9 Å². The minimum Gasteiger partial charge on any atom is -0.311 e. The number of hydrogen-bond donors (Lipinski definition) is 1. The highest BCUT2D eigenvalue weighted by Crippen LogP contribution is 2.20. The molecular formula is C10H14ClN3S. The van der Waals surface area contributed by atoms with E-state index in [1.54, 1.807) is 11.3 Å². The van der Waals surface area contributed by atoms with Gasteiger partial charge in [-0.15, -0.1) is 11.3 Å². The molecule has 82 valence electrons. The lowest BCUT2D eigenvalue weighted by atomic mass is 10.2. The molecule has 2 aromatic heterocycles. The molecule has 0 atom stereocenters. The highest BCUT2D eigenvalue weighted by Gasteiger charge is 2.10. The Balaban J connectivity index is 2.12. The molecule has 3 nitrogen and oxygen atoms in total. The molecule has 0 aliphatic carbocycles. The van der Waals surface area contributed by atoms with Crippen LogP contribution in [0.1, 0.15) is 19.5 Å². The van der Waals surface area contributed by atoms with Crippen molar-refractivity contribution in [2.24, 2.45) is 5.92 Å². The van der Waals surface area contributed by atoms with Crippen LogP contribution in [0.2, 0.25) is 5.15 Å². The van der Waals surface area contributed by atoms with E-state index in [9.17, 15) is 0 Å². The SMILES string of the molecule is CC(C)CNCc1c(Cl)nc2sccn12. The number of halogens is 1. The third-order valence-electron chi connectivity index (χ3n) is 2.16. The molecule has 0 aromatic carbocycles. The normalized spacial score (nSPS) is 11.7. The van der Waals surface area contributed by atoms with Crippen LogP contribution in [0.4, 0.5) is 0 Å². The molecule has 0 saturated carbocycles. The van der Waals surface area contributed by atoms with E-state index in [4.69, 9.17) is 11.6 Å². The zero-order chi connectivity index (χ0) is 10.8. The van der Waals surface area contributed by atoms with Gasteiger partial charge < -0.3 is 5.32 Å². The molecule has 0 spiro atoms. The summed E-state index contributed by atoms with van der Waals surface area (Å²) in [5.41, 5.74) is 1.05. The van der Waals surface area contributed by atoms with Crippen molar-refractivity contribution >= 4 is 27.9 Å². The summed E-state index contributed by atoms with van der Waals surface area (Å²) in [6.45, 7) is 6.14. The highest BCUT2D eigenvalue weighted by atomic mass is 35.5. The Bertz CT molecular complexity index is 446. The van der Waals surface area contributed by atoms with E-state index in [1.807, 2.05) is 16.0 Å². The summed E-state index contributed by atoms with van der Waals surface area (Å²) in [4.78, 5) is 5.24. The number of aromatic nitrogens is 2. The van der Waals surface area contributed by atoms with E-state index < -0.39 is 0 Å². The lowest BCUT2D eigenvalue weighted by Gasteiger charge is -2.06. The molecule has 0 saturated heterocycles. The fourth-order valence-electron chi connectivity index (χ4n) is 1.44. The van der Waals surface area contributed by atoms with Gasteiger partial charge >= 0.3 is 0 Å². The van der Waals surface area contributed by atoms with Gasteiger partial charge in [-0.2, -0.15) is 0 Å². The number of thiazole rings is 1. The van der Waals surface area contributed by atoms with Gasteiger partial charge in [-0.25, -0.2) is 4.98 Å². The molecule has 2 rings (SSSR count). The second-order valence-electron chi connectivity index (χ2n) is 3.93. The van der Waals surface area contributed by atoms with Gasteiger partial charge in [0.2, 0.25) is 0 Å². The van der Waals surface area contributed by atoms with Crippen molar-refractivity contribution in [3.05, 3.63) is 22.4 Å². The van der Waals surface area contributed by atoms with Crippen molar-refractivity contribution in [3.63, 3.8) is 0 Å². The van der Waals surface area contributed by atoms with Crippen LogP contribution in [-0.2, 0) is 6.54 Å². The van der Waals surface area contributed by atoms with Gasteiger partial charge in [-0.3, -0.25) is 4.40 Å². The molecule has 1 N–H and O–H groups in total. The van der Waals surface area contributed by atoms with Crippen LogP contribution in [0.25, 0.3) is 4.96 Å². The Morgan fingerprint density at radius 2 is 2.40 bits per heavy atom. The second kappa shape index (κ2) is 4.51. The maximum absolute atomic E-state index is 6.06. The van der Waals surface area contributed by atoms with Crippen LogP contribution in [0.15, 0.2) is 11.6 Å². The van der Waals surface area contributed by atoms with Crippen molar-refractivity contribution in [2.75, 3.05) is 6.54 Å². The fourth-order valence-corrected chi connectivity index (χ4v) is 2.46. The fraction of sp³-hybridized carbons (Fsp3) is 0.500. The van der Waals surface area contributed by atoms with Crippen LogP contribution in [0.3, 0.4) is 0 Å². The number of fused-ring (bicyclic) bond motifs is 1. The topological polar surface area (TPSA) is 29.3 Å². The van der Waals surface area contributed by atoms with Crippen molar-refractivity contribution in [1.82, 2.24) is 14.7 Å². The summed E-state index contributed by atoms with van der Waals surface area (Å²) >= 11 is 7.66. The molecule has 2 heterocycles. The Morgan fingerprint density at radius 3 is 3.13 bits per heavy atom. The van der Waals surface area contributed by atoms with Gasteiger partial charge in [-0.1, -0.05) is 25.4 Å². The molecule has 0 aliphatic heterocycles. The molecule has 0 amide bonds. The number of rotatable bonds is 4. The molecule has 0 bridgehead atoms. The molecular weight excluding hydrogens is 230 g/mol. The highest BCUT2D eigenvalue weighted by molar-refractivity contribution is 7.15. The third kappa shape index (κ3) is 2.33. The van der Waals surface area contributed by atoms with E-state index >= 15 is 0 Å². The summed E-state index contributed by atoms with van der Waals surface area (Å²) < 4.78 is 2.04. The number of nitrogens with one attached hydrogen (secondary N) is 1. The molecule has 2 aromatic rings. The summed E-state index contributed by atoms with van der Waals surface area (Å²) in [6, 6.07) is 0. The first-order chi connectivity index (χ1) is 7.18. The number of hydrogen-bond acceptors (Lipinski definition) is 3. The van der Waals surface area contributed by atoms with Gasteiger partial charge in [0, 0.05) is 18.1 Å². The Labute approximate surface area is 98.1 Å². The van der Waals surface area contributed by atoms with Crippen LogP contribution in [-0.4, -0.2) is 15.9 Å². The summed E-state index contributed by atoms with van der Waals surface area (Å²) in [5.74, 6) is 0.648. The lowest BCUT2D eigenvalue weighted by Crippen LogP contribution is -2.19. The number of imidazole rings is 1. The summed E-state index contributed by atoms with van der Waals surface area (Å²) in [6.07, 6.45) is 2.01. The largest absolute Gasteiger partial charge is 0.311 e. The molecule has 0 fully saturated rings. The monoisotopic (exact) mass is 243 g/mol. The second-order valence-corrected chi connectivity index (χ2v) is 5.16. The Kier molecular flexibility index (Phi) is 3.29. The molecule has 0 aliphatic rings. The minimum atomic E-state index is 0.609. The van der Waals surface area contributed by atoms with Crippen molar-refractivity contribution in [3.8, 4) is 0 Å². The first kappa shape index (κ1) is 10.9. The predicted octanol–water partition coefficient (Wildman–Crippen LogP) is 2.79. The van der Waals surface area contributed by atoms with E-state index in [2.05, 4.69) is 24.1 Å². The average Bonchev–Trinajstić information content (AvgIpc) is 2.68. The maximum atomic E-state index is 6.06. The zero-order valence-corrected chi connectivity index (χ0v) is 10.4. The van der Waals surface area contributed by atoms with Crippen molar-refractivity contribution < 1.29 is 0 Å². The standard InChI is InChI=1S/C10H14ClN3S/c1-7(2)5-12-6-8-9(11)13-10-14(8)3-4-15-10/h3-4,7,12H,5-6H2,1-2H3. The first-order valence-electron chi connectivity index (χ1n) is 4.99. The quantitative estimate of drug-likeness (QED) is 0.895. The van der Waals surface area contributed by atoms with Crippen LogP contribution in [0, 0.1) is 5.92 Å². The number of nitrogens with zero attached hydrogens (tertiary/aromatic N) is 2. The predicted molar refractivity (Wildman–Crippen MR) is 64.6 cm³/mol. The molecule has 0 unspecified atom stereocenters. The minimum absolute atomic E-state index is 0.609. The Hall–Kier alpha value is -0.580. The third-order valence-corrected chi connectivity index (χ3v) is 3.22. The molecule has 15 heavy (non-hydrogen) atoms. The molecule has 5 heteroatoms. The van der Waals surface area contributed by atoms with E-state index in [0.717, 1.165) is 23.7 Å². The average molecular weight is 244 g/mol. The van der Waals surface area contributed by atoms with Crippen LogP contribution < -0.4 is 5.32 Å². The Morgan fingerprint density at radius 1 is 1.60 bits per heavy atom. The summed E-state index contributed by atoms with van der Waals surface area (Å²) in [7, 11) is 0. The zero-order valence-electron chi connectivity index (χ0n) is 8.83. The lowest BCUT2D eigenvalue weighted by molar-refractivity contribution is 0.547. The van der Waals surface area contributed by atoms with Gasteiger partial charge in [-0.05, 0) is 12.5 Å². The van der Waals surface area contributed by atoms with Crippen molar-refractivity contribution in [1.29, 1.82) is 0 Å². The van der Waals surface area contributed by atoms with E-state index in [-0.39, 0.29) is 0 Å². The smallest absolute Gasteiger partial charge is 0.195 e. The van der Waals surface area contributed by atoms with Crippen molar-refractivity contribution in [2.45, 2.75) is 20.4 Å². The maximum Gasteiger partial charge on any atom is 0.195 e. The molecule has 0 radical (unpaired) electrons. The van der Waals surface area contributed by atoms with Gasteiger partial charge in [0.1, 0.15) is 0 Å². The van der Waals surface area contributed by atoms with E-state index in [1.165, 1.54) is 0 Å². The van der Waals surface area contributed by atoms with Crippen LogP contribution in [0.5, 0.6) is 0 Å². The van der Waals surface area contributed by atoms with E-state index in [0.29, 0.717) is 11.1 Å². The van der Waals surface area contributed by atoms with Gasteiger partial charge in [0.05, 0.1) is 5.69 Å².